The van der Waals surface area contributed by atoms with Crippen molar-refractivity contribution in [1.82, 2.24) is 4.90 Å². The molecular weight excluding hydrogens is 380 g/mol. The number of amides is 2. The van der Waals surface area contributed by atoms with Crippen molar-refractivity contribution < 1.29 is 19.1 Å². The standard InChI is InChI=1S/C24H30N2O4/c1-3-29-15-16-30-22-9-7-19(8-10-22)23(27)25-21-6-4-5-20(17-21)24(28)26-13-11-18(2)12-14-26/h4-10,17-18H,3,11-16H2,1-2H3,(H,25,27). The molecule has 0 atom stereocenters. The molecule has 30 heavy (non-hydrogen) atoms. The highest BCUT2D eigenvalue weighted by Crippen LogP contribution is 2.20. The molecule has 1 heterocycles. The van der Waals surface area contributed by atoms with Crippen LogP contribution in [0.15, 0.2) is 48.5 Å². The first kappa shape index (κ1) is 21.8. The van der Waals surface area contributed by atoms with E-state index in [4.69, 9.17) is 9.47 Å². The van der Waals surface area contributed by atoms with E-state index >= 15 is 0 Å². The first-order chi connectivity index (χ1) is 14.6. The second kappa shape index (κ2) is 10.8. The summed E-state index contributed by atoms with van der Waals surface area (Å²) in [5.74, 6) is 1.15. The second-order valence-electron chi connectivity index (χ2n) is 7.58. The summed E-state index contributed by atoms with van der Waals surface area (Å²) in [5, 5.41) is 2.87. The number of carbonyl (C=O) groups is 2. The van der Waals surface area contributed by atoms with Gasteiger partial charge in [0.15, 0.2) is 0 Å². The smallest absolute Gasteiger partial charge is 0.255 e. The van der Waals surface area contributed by atoms with Gasteiger partial charge in [0.1, 0.15) is 12.4 Å². The summed E-state index contributed by atoms with van der Waals surface area (Å²) in [7, 11) is 0. The molecule has 1 N–H and O–H groups in total. The van der Waals surface area contributed by atoms with E-state index in [1.807, 2.05) is 11.8 Å². The van der Waals surface area contributed by atoms with E-state index < -0.39 is 0 Å². The fourth-order valence-corrected chi connectivity index (χ4v) is 3.39. The van der Waals surface area contributed by atoms with E-state index in [1.165, 1.54) is 0 Å². The van der Waals surface area contributed by atoms with Gasteiger partial charge in [-0.2, -0.15) is 0 Å². The topological polar surface area (TPSA) is 67.9 Å². The number of likely N-dealkylation sites (tertiary alicyclic amines) is 1. The minimum absolute atomic E-state index is 0.0200. The van der Waals surface area contributed by atoms with Crippen molar-refractivity contribution in [3.8, 4) is 5.75 Å². The van der Waals surface area contributed by atoms with Gasteiger partial charge >= 0.3 is 0 Å². The van der Waals surface area contributed by atoms with Gasteiger partial charge in [0.2, 0.25) is 0 Å². The number of nitrogens with one attached hydrogen (secondary N) is 1. The van der Waals surface area contributed by atoms with Crippen molar-refractivity contribution in [2.75, 3.05) is 38.2 Å². The summed E-state index contributed by atoms with van der Waals surface area (Å²) in [4.78, 5) is 27.2. The lowest BCUT2D eigenvalue weighted by atomic mass is 9.98. The van der Waals surface area contributed by atoms with Crippen LogP contribution in [0.5, 0.6) is 5.75 Å². The molecule has 1 fully saturated rings. The average molecular weight is 411 g/mol. The van der Waals surface area contributed by atoms with E-state index in [2.05, 4.69) is 12.2 Å². The summed E-state index contributed by atoms with van der Waals surface area (Å²) < 4.78 is 10.8. The van der Waals surface area contributed by atoms with Crippen LogP contribution in [0.25, 0.3) is 0 Å². The SMILES string of the molecule is CCOCCOc1ccc(C(=O)Nc2cccc(C(=O)N3CCC(C)CC3)c2)cc1. The lowest BCUT2D eigenvalue weighted by Gasteiger charge is -2.30. The van der Waals surface area contributed by atoms with Gasteiger partial charge in [0.25, 0.3) is 11.8 Å². The average Bonchev–Trinajstić information content (AvgIpc) is 2.77. The highest BCUT2D eigenvalue weighted by molar-refractivity contribution is 6.05. The molecule has 2 aromatic rings. The van der Waals surface area contributed by atoms with Gasteiger partial charge in [-0.1, -0.05) is 13.0 Å². The maximum atomic E-state index is 12.8. The number of nitrogens with zero attached hydrogens (tertiary/aromatic N) is 1. The molecule has 0 aromatic heterocycles. The number of hydrogen-bond acceptors (Lipinski definition) is 4. The summed E-state index contributed by atoms with van der Waals surface area (Å²) in [6.07, 6.45) is 2.07. The fourth-order valence-electron chi connectivity index (χ4n) is 3.39. The molecule has 0 radical (unpaired) electrons. The Hall–Kier alpha value is -2.86. The largest absolute Gasteiger partial charge is 0.491 e. The third-order valence-corrected chi connectivity index (χ3v) is 5.26. The first-order valence-corrected chi connectivity index (χ1v) is 10.6. The van der Waals surface area contributed by atoms with Gasteiger partial charge in [0.05, 0.1) is 6.61 Å². The van der Waals surface area contributed by atoms with E-state index in [-0.39, 0.29) is 11.8 Å². The van der Waals surface area contributed by atoms with Gasteiger partial charge in [-0.15, -0.1) is 0 Å². The molecule has 1 saturated heterocycles. The van der Waals surface area contributed by atoms with Crippen molar-refractivity contribution in [3.05, 3.63) is 59.7 Å². The van der Waals surface area contributed by atoms with Gasteiger partial charge in [-0.25, -0.2) is 0 Å². The lowest BCUT2D eigenvalue weighted by molar-refractivity contribution is 0.0697. The Bertz CT molecular complexity index is 843. The molecule has 0 unspecified atom stereocenters. The number of carbonyl (C=O) groups excluding carboxylic acids is 2. The van der Waals surface area contributed by atoms with Crippen LogP contribution in [0, 0.1) is 5.92 Å². The molecular formula is C24H30N2O4. The van der Waals surface area contributed by atoms with Crippen molar-refractivity contribution >= 4 is 17.5 Å². The number of hydrogen-bond donors (Lipinski definition) is 1. The maximum absolute atomic E-state index is 12.8. The molecule has 160 valence electrons. The van der Waals surface area contributed by atoms with E-state index in [0.29, 0.717) is 48.3 Å². The molecule has 0 saturated carbocycles. The molecule has 2 amide bonds. The Kier molecular flexibility index (Phi) is 7.85. The van der Waals surface area contributed by atoms with Crippen molar-refractivity contribution in [2.24, 2.45) is 5.92 Å². The van der Waals surface area contributed by atoms with E-state index in [0.717, 1.165) is 25.9 Å². The number of rotatable bonds is 8. The summed E-state index contributed by atoms with van der Waals surface area (Å²) in [6, 6.07) is 14.1. The second-order valence-corrected chi connectivity index (χ2v) is 7.58. The Labute approximate surface area is 178 Å². The molecule has 0 bridgehead atoms. The molecule has 0 aliphatic carbocycles. The van der Waals surface area contributed by atoms with Crippen LogP contribution < -0.4 is 10.1 Å². The van der Waals surface area contributed by atoms with Crippen LogP contribution in [0.1, 0.15) is 47.4 Å². The Morgan fingerprint density at radius 3 is 2.47 bits per heavy atom. The molecule has 1 aliphatic rings. The zero-order valence-electron chi connectivity index (χ0n) is 17.7. The Balaban J connectivity index is 1.57. The summed E-state index contributed by atoms with van der Waals surface area (Å²) in [6.45, 7) is 7.39. The zero-order chi connectivity index (χ0) is 21.3. The Morgan fingerprint density at radius 1 is 1.03 bits per heavy atom. The molecule has 0 spiro atoms. The van der Waals surface area contributed by atoms with Crippen molar-refractivity contribution in [2.45, 2.75) is 26.7 Å². The highest BCUT2D eigenvalue weighted by atomic mass is 16.5. The lowest BCUT2D eigenvalue weighted by Crippen LogP contribution is -2.37. The predicted octanol–water partition coefficient (Wildman–Crippen LogP) is 4.23. The molecule has 2 aromatic carbocycles. The van der Waals surface area contributed by atoms with Crippen LogP contribution in [0.4, 0.5) is 5.69 Å². The molecule has 6 heteroatoms. The fraction of sp³-hybridized carbons (Fsp3) is 0.417. The highest BCUT2D eigenvalue weighted by Gasteiger charge is 2.21. The normalized spacial score (nSPS) is 14.4. The molecule has 3 rings (SSSR count). The van der Waals surface area contributed by atoms with E-state index in [1.54, 1.807) is 48.5 Å². The Morgan fingerprint density at radius 2 is 1.77 bits per heavy atom. The first-order valence-electron chi connectivity index (χ1n) is 10.6. The van der Waals surface area contributed by atoms with Crippen LogP contribution in [0.3, 0.4) is 0 Å². The van der Waals surface area contributed by atoms with Gasteiger partial charge < -0.3 is 19.7 Å². The number of anilines is 1. The van der Waals surface area contributed by atoms with Gasteiger partial charge in [-0.05, 0) is 68.1 Å². The van der Waals surface area contributed by atoms with Gasteiger partial charge in [0, 0.05) is 36.5 Å². The van der Waals surface area contributed by atoms with Crippen molar-refractivity contribution in [1.29, 1.82) is 0 Å². The van der Waals surface area contributed by atoms with Crippen LogP contribution in [0.2, 0.25) is 0 Å². The van der Waals surface area contributed by atoms with Crippen molar-refractivity contribution in [3.63, 3.8) is 0 Å². The van der Waals surface area contributed by atoms with Crippen LogP contribution >= 0.6 is 0 Å². The minimum Gasteiger partial charge on any atom is -0.491 e. The predicted molar refractivity (Wildman–Crippen MR) is 117 cm³/mol. The van der Waals surface area contributed by atoms with E-state index in [9.17, 15) is 9.59 Å². The molecule has 6 nitrogen and oxygen atoms in total. The minimum atomic E-state index is -0.229. The number of benzene rings is 2. The maximum Gasteiger partial charge on any atom is 0.255 e. The van der Waals surface area contributed by atoms with Gasteiger partial charge in [-0.3, -0.25) is 9.59 Å². The summed E-state index contributed by atoms with van der Waals surface area (Å²) in [5.41, 5.74) is 1.72. The van der Waals surface area contributed by atoms with Crippen LogP contribution in [-0.2, 0) is 4.74 Å². The number of piperidine rings is 1. The summed E-state index contributed by atoms with van der Waals surface area (Å²) >= 11 is 0. The third kappa shape index (κ3) is 6.07. The quantitative estimate of drug-likeness (QED) is 0.662. The zero-order valence-corrected chi connectivity index (χ0v) is 17.7. The van der Waals surface area contributed by atoms with Crippen LogP contribution in [-0.4, -0.2) is 49.6 Å². The monoisotopic (exact) mass is 410 g/mol. The molecule has 1 aliphatic heterocycles. The number of ether oxygens (including phenoxy) is 2. The third-order valence-electron chi connectivity index (χ3n) is 5.26.